The molecule has 0 radical (unpaired) electrons. The van der Waals surface area contributed by atoms with E-state index in [9.17, 15) is 8.42 Å². The quantitative estimate of drug-likeness (QED) is 0.699. The Labute approximate surface area is 152 Å². The molecule has 3 heterocycles. The second-order valence-electron chi connectivity index (χ2n) is 6.42. The number of hydrogen-bond acceptors (Lipinski definition) is 5. The molecule has 0 fully saturated rings. The molecule has 0 N–H and O–H groups in total. The minimum absolute atomic E-state index is 0.193. The van der Waals surface area contributed by atoms with Crippen LogP contribution in [0.4, 0.5) is 0 Å². The third-order valence-electron chi connectivity index (χ3n) is 4.60. The second kappa shape index (κ2) is 6.03. The van der Waals surface area contributed by atoms with Crippen LogP contribution in [0.25, 0.3) is 11.4 Å². The van der Waals surface area contributed by atoms with Crippen molar-refractivity contribution < 1.29 is 8.42 Å². The van der Waals surface area contributed by atoms with Gasteiger partial charge in [0, 0.05) is 19.2 Å². The van der Waals surface area contributed by atoms with Gasteiger partial charge in [0.05, 0.1) is 18.3 Å². The fourth-order valence-electron chi connectivity index (χ4n) is 3.33. The third kappa shape index (κ3) is 2.63. The molecule has 0 bridgehead atoms. The lowest BCUT2D eigenvalue weighted by atomic mass is 10.2. The van der Waals surface area contributed by atoms with Crippen LogP contribution in [-0.2, 0) is 23.6 Å². The van der Waals surface area contributed by atoms with Gasteiger partial charge in [0.25, 0.3) is 10.0 Å². The van der Waals surface area contributed by atoms with Crippen molar-refractivity contribution in [3.05, 3.63) is 47.9 Å². The minimum atomic E-state index is -3.67. The largest absolute Gasteiger partial charge is 0.260 e. The maximum absolute atomic E-state index is 13.1. The first-order valence-corrected chi connectivity index (χ1v) is 9.84. The molecule has 9 heteroatoms. The van der Waals surface area contributed by atoms with E-state index in [0.717, 1.165) is 5.56 Å². The van der Waals surface area contributed by atoms with Crippen LogP contribution in [0, 0.1) is 6.92 Å². The van der Waals surface area contributed by atoms with Crippen LogP contribution >= 0.6 is 0 Å². The van der Waals surface area contributed by atoms with Gasteiger partial charge < -0.3 is 0 Å². The topological polar surface area (TPSA) is 85.9 Å². The first-order valence-electron chi connectivity index (χ1n) is 8.40. The van der Waals surface area contributed by atoms with E-state index >= 15 is 0 Å². The van der Waals surface area contributed by atoms with E-state index in [1.807, 2.05) is 37.3 Å². The Hall–Kier alpha value is -2.52. The van der Waals surface area contributed by atoms with Gasteiger partial charge in [-0.2, -0.15) is 14.5 Å². The summed E-state index contributed by atoms with van der Waals surface area (Å²) < 4.78 is 30.9. The van der Waals surface area contributed by atoms with Gasteiger partial charge in [-0.25, -0.2) is 18.1 Å². The highest BCUT2D eigenvalue weighted by Gasteiger charge is 2.37. The molecule has 0 saturated heterocycles. The Morgan fingerprint density at radius 1 is 1.12 bits per heavy atom. The summed E-state index contributed by atoms with van der Waals surface area (Å²) >= 11 is 0. The summed E-state index contributed by atoms with van der Waals surface area (Å²) in [5.41, 5.74) is 1.59. The predicted octanol–water partition coefficient (Wildman–Crippen LogP) is 1.75. The fourth-order valence-corrected chi connectivity index (χ4v) is 5.10. The number of fused-ring (bicyclic) bond motifs is 1. The first kappa shape index (κ1) is 16.9. The number of aryl methyl sites for hydroxylation is 2. The van der Waals surface area contributed by atoms with Crippen LogP contribution in [0.3, 0.4) is 0 Å². The molecule has 4 rings (SSSR count). The molecule has 1 aliphatic rings. The highest BCUT2D eigenvalue weighted by atomic mass is 32.2. The van der Waals surface area contributed by atoms with Gasteiger partial charge in [-0.05, 0) is 19.9 Å². The Kier molecular flexibility index (Phi) is 3.92. The van der Waals surface area contributed by atoms with Crippen molar-refractivity contribution >= 4 is 10.0 Å². The van der Waals surface area contributed by atoms with Crippen molar-refractivity contribution in [1.29, 1.82) is 0 Å². The van der Waals surface area contributed by atoms with Crippen LogP contribution < -0.4 is 0 Å². The molecule has 2 aromatic heterocycles. The fraction of sp³-hybridized carbons (Fsp3) is 0.353. The second-order valence-corrected chi connectivity index (χ2v) is 8.26. The van der Waals surface area contributed by atoms with Gasteiger partial charge in [-0.1, -0.05) is 30.3 Å². The molecule has 0 saturated carbocycles. The van der Waals surface area contributed by atoms with Crippen molar-refractivity contribution in [3.63, 3.8) is 0 Å². The Morgan fingerprint density at radius 3 is 2.50 bits per heavy atom. The average Bonchev–Trinajstić information content (AvgIpc) is 3.19. The third-order valence-corrected chi connectivity index (χ3v) is 6.63. The van der Waals surface area contributed by atoms with E-state index in [1.54, 1.807) is 24.7 Å². The minimum Gasteiger partial charge on any atom is -0.256 e. The Bertz CT molecular complexity index is 1050. The first-order chi connectivity index (χ1) is 12.4. The Balaban J connectivity index is 1.71. The summed E-state index contributed by atoms with van der Waals surface area (Å²) in [5, 5.41) is 8.90. The van der Waals surface area contributed by atoms with E-state index in [2.05, 4.69) is 15.2 Å². The molecular formula is C17H20N6O2S. The molecule has 0 amide bonds. The summed E-state index contributed by atoms with van der Waals surface area (Å²) in [6.45, 7) is 4.44. The summed E-state index contributed by atoms with van der Waals surface area (Å²) in [5.74, 6) is 1.26. The highest BCUT2D eigenvalue weighted by Crippen LogP contribution is 2.31. The molecule has 1 aliphatic heterocycles. The number of rotatable bonds is 3. The zero-order chi connectivity index (χ0) is 18.5. The van der Waals surface area contributed by atoms with Crippen LogP contribution in [0.15, 0.2) is 41.4 Å². The smallest absolute Gasteiger partial charge is 0.256 e. The molecule has 26 heavy (non-hydrogen) atoms. The van der Waals surface area contributed by atoms with Gasteiger partial charge in [0.15, 0.2) is 10.9 Å². The standard InChI is InChI=1S/C17H20N6O2S/c1-12-11-15(21(3)19-12)26(24,25)23-10-9-22-17(13(23)2)18-16(20-22)14-7-5-4-6-8-14/h4-8,11,13H,9-10H2,1-3H3/t13-/m0/s1. The SMILES string of the molecule is Cc1cc(S(=O)(=O)N2CCn3nc(-c4ccccc4)nc3[C@@H]2C)n(C)n1. The van der Waals surface area contributed by atoms with E-state index in [1.165, 1.54) is 8.99 Å². The molecule has 8 nitrogen and oxygen atoms in total. The molecule has 3 aromatic rings. The summed E-state index contributed by atoms with van der Waals surface area (Å²) in [6, 6.07) is 10.9. The molecular weight excluding hydrogens is 352 g/mol. The van der Waals surface area contributed by atoms with Crippen LogP contribution in [0.1, 0.15) is 24.5 Å². The van der Waals surface area contributed by atoms with Crippen molar-refractivity contribution in [1.82, 2.24) is 28.9 Å². The molecule has 0 unspecified atom stereocenters. The van der Waals surface area contributed by atoms with Crippen molar-refractivity contribution in [2.45, 2.75) is 31.5 Å². The predicted molar refractivity (Wildman–Crippen MR) is 95.7 cm³/mol. The van der Waals surface area contributed by atoms with Gasteiger partial charge in [0.1, 0.15) is 5.82 Å². The van der Waals surface area contributed by atoms with Crippen molar-refractivity contribution in [2.75, 3.05) is 6.54 Å². The van der Waals surface area contributed by atoms with Crippen LogP contribution in [0.2, 0.25) is 0 Å². The lowest BCUT2D eigenvalue weighted by molar-refractivity contribution is 0.263. The maximum Gasteiger partial charge on any atom is 0.260 e. The molecule has 136 valence electrons. The highest BCUT2D eigenvalue weighted by molar-refractivity contribution is 7.89. The summed E-state index contributed by atoms with van der Waals surface area (Å²) in [6.07, 6.45) is 0. The van der Waals surface area contributed by atoms with Gasteiger partial charge in [-0.3, -0.25) is 4.68 Å². The molecule has 1 atom stereocenters. The summed E-state index contributed by atoms with van der Waals surface area (Å²) in [7, 11) is -2.02. The molecule has 1 aromatic carbocycles. The zero-order valence-electron chi connectivity index (χ0n) is 14.9. The number of benzene rings is 1. The monoisotopic (exact) mass is 372 g/mol. The molecule has 0 aliphatic carbocycles. The van der Waals surface area contributed by atoms with Gasteiger partial charge in [-0.15, -0.1) is 0 Å². The molecule has 0 spiro atoms. The number of aromatic nitrogens is 5. The van der Waals surface area contributed by atoms with E-state index < -0.39 is 16.1 Å². The lowest BCUT2D eigenvalue weighted by Gasteiger charge is -2.31. The van der Waals surface area contributed by atoms with Crippen LogP contribution in [-0.4, -0.2) is 43.8 Å². The number of hydrogen-bond donors (Lipinski definition) is 0. The normalized spacial score (nSPS) is 18.0. The van der Waals surface area contributed by atoms with Crippen molar-refractivity contribution in [3.8, 4) is 11.4 Å². The number of nitrogens with zero attached hydrogens (tertiary/aromatic N) is 6. The van der Waals surface area contributed by atoms with Gasteiger partial charge >= 0.3 is 0 Å². The summed E-state index contributed by atoms with van der Waals surface area (Å²) in [4.78, 5) is 4.61. The van der Waals surface area contributed by atoms with Gasteiger partial charge in [0.2, 0.25) is 0 Å². The van der Waals surface area contributed by atoms with Crippen molar-refractivity contribution in [2.24, 2.45) is 7.05 Å². The van der Waals surface area contributed by atoms with E-state index in [-0.39, 0.29) is 5.03 Å². The number of sulfonamides is 1. The maximum atomic E-state index is 13.1. The lowest BCUT2D eigenvalue weighted by Crippen LogP contribution is -2.42. The zero-order valence-corrected chi connectivity index (χ0v) is 15.7. The average molecular weight is 372 g/mol. The Morgan fingerprint density at radius 2 is 1.85 bits per heavy atom. The van der Waals surface area contributed by atoms with E-state index in [4.69, 9.17) is 0 Å². The van der Waals surface area contributed by atoms with E-state index in [0.29, 0.717) is 30.4 Å². The van der Waals surface area contributed by atoms with Crippen LogP contribution in [0.5, 0.6) is 0 Å².